The van der Waals surface area contributed by atoms with Crippen LogP contribution in [-0.4, -0.2) is 0 Å². The first-order valence-corrected chi connectivity index (χ1v) is 4.32. The van der Waals surface area contributed by atoms with Gasteiger partial charge in [0.2, 0.25) is 0 Å². The molecular weight excluding hydrogens is 125 g/mol. The van der Waals surface area contributed by atoms with Crippen LogP contribution in [0.15, 0.2) is 11.6 Å². The van der Waals surface area contributed by atoms with Gasteiger partial charge in [-0.2, -0.15) is 0 Å². The van der Waals surface area contributed by atoms with E-state index in [1.165, 1.54) is 28.9 Å². The molecule has 0 rings (SSSR count). The molecule has 0 heterocycles. The van der Waals surface area contributed by atoms with Crippen LogP contribution in [0.2, 0.25) is 5.02 Å². The van der Waals surface area contributed by atoms with Gasteiger partial charge in [-0.05, 0) is 0 Å². The Bertz CT molecular complexity index is 55.0. The van der Waals surface area contributed by atoms with Crippen molar-refractivity contribution < 1.29 is 18.3 Å². The monoisotopic (exact) mass is 133 g/mol. The van der Waals surface area contributed by atoms with Crippen LogP contribution in [0.3, 0.4) is 0 Å². The van der Waals surface area contributed by atoms with Crippen molar-refractivity contribution in [2.24, 2.45) is 0 Å². The molecule has 31 valence electrons. The fourth-order valence-electron chi connectivity index (χ4n) is 0.144. The normalized spacial score (nSPS) is 12.3. The van der Waals surface area contributed by atoms with Gasteiger partial charge in [-0.3, -0.25) is 0 Å². The average molecular weight is 135 g/mol. The molecule has 0 amide bonds. The van der Waals surface area contributed by atoms with E-state index in [-0.39, 0.29) is 0 Å². The van der Waals surface area contributed by atoms with Crippen molar-refractivity contribution in [3.05, 3.63) is 11.6 Å². The minimum atomic E-state index is 1.32. The van der Waals surface area contributed by atoms with Crippen molar-refractivity contribution in [1.82, 2.24) is 0 Å². The molecule has 0 saturated heterocycles. The van der Waals surface area contributed by atoms with Crippen LogP contribution < -0.4 is 0 Å². The van der Waals surface area contributed by atoms with Crippen molar-refractivity contribution in [3.63, 3.8) is 0 Å². The van der Waals surface area contributed by atoms with E-state index in [9.17, 15) is 0 Å². The molecule has 0 bridgehead atoms. The second kappa shape index (κ2) is 3.55. The van der Waals surface area contributed by atoms with E-state index in [2.05, 4.69) is 19.9 Å². The number of hydrogen-bond donors (Lipinski definition) is 0. The number of hydrogen-bond acceptors (Lipinski definition) is 0. The SMILES string of the molecule is CC=C(C)[CH2][Zn]. The Morgan fingerprint density at radius 2 is 2.33 bits per heavy atom. The molecule has 0 aromatic heterocycles. The molecule has 0 spiro atoms. The Kier molecular flexibility index (Phi) is 3.76. The maximum atomic E-state index is 2.17. The van der Waals surface area contributed by atoms with E-state index < -0.39 is 0 Å². The Balaban J connectivity index is 3.22. The predicted octanol–water partition coefficient (Wildman–Crippen LogP) is 1.92. The maximum absolute atomic E-state index is 2.17. The van der Waals surface area contributed by atoms with E-state index in [0.29, 0.717) is 0 Å². The predicted molar refractivity (Wildman–Crippen MR) is 24.2 cm³/mol. The summed E-state index contributed by atoms with van der Waals surface area (Å²) in [5.41, 5.74) is 1.52. The Hall–Kier alpha value is 0.363. The molecule has 0 aromatic carbocycles. The third kappa shape index (κ3) is 2.59. The van der Waals surface area contributed by atoms with Gasteiger partial charge in [-0.15, -0.1) is 0 Å². The molecule has 0 N–H and O–H groups in total. The summed E-state index contributed by atoms with van der Waals surface area (Å²) in [5.74, 6) is 0. The van der Waals surface area contributed by atoms with Crippen LogP contribution in [0.4, 0.5) is 0 Å². The topological polar surface area (TPSA) is 0 Å². The summed E-state index contributed by atoms with van der Waals surface area (Å²) in [6.45, 7) is 4.26. The van der Waals surface area contributed by atoms with Gasteiger partial charge < -0.3 is 0 Å². The van der Waals surface area contributed by atoms with Crippen LogP contribution in [0, 0.1) is 0 Å². The molecule has 0 saturated carbocycles. The summed E-state index contributed by atoms with van der Waals surface area (Å²) in [6, 6.07) is 0. The van der Waals surface area contributed by atoms with Gasteiger partial charge in [-0.25, -0.2) is 0 Å². The third-order valence-electron chi connectivity index (χ3n) is 0.887. The van der Waals surface area contributed by atoms with Gasteiger partial charge >= 0.3 is 48.8 Å². The second-order valence-electron chi connectivity index (χ2n) is 1.39. The third-order valence-corrected chi connectivity index (χ3v) is 2.54. The van der Waals surface area contributed by atoms with Crippen LogP contribution in [0.5, 0.6) is 0 Å². The summed E-state index contributed by atoms with van der Waals surface area (Å²) in [7, 11) is 0. The Morgan fingerprint density at radius 1 is 1.83 bits per heavy atom. The van der Waals surface area contributed by atoms with Crippen molar-refractivity contribution in [1.29, 1.82) is 0 Å². The fraction of sp³-hybridized carbons (Fsp3) is 0.600. The number of rotatable bonds is 1. The first kappa shape index (κ1) is 6.36. The quantitative estimate of drug-likeness (QED) is 0.380. The van der Waals surface area contributed by atoms with Gasteiger partial charge in [0.15, 0.2) is 0 Å². The average Bonchev–Trinajstić information content (AvgIpc) is 1.65. The Labute approximate surface area is 49.3 Å². The van der Waals surface area contributed by atoms with Gasteiger partial charge in [-0.1, -0.05) is 0 Å². The summed E-state index contributed by atoms with van der Waals surface area (Å²) >= 11 is 1.40. The molecule has 0 aliphatic rings. The molecule has 0 atom stereocenters. The molecule has 6 heavy (non-hydrogen) atoms. The molecule has 0 aliphatic carbocycles. The summed E-state index contributed by atoms with van der Waals surface area (Å²) in [6.07, 6.45) is 2.17. The van der Waals surface area contributed by atoms with Crippen LogP contribution >= 0.6 is 0 Å². The zero-order valence-electron chi connectivity index (χ0n) is 4.49. The van der Waals surface area contributed by atoms with Gasteiger partial charge in [0, 0.05) is 0 Å². The van der Waals surface area contributed by atoms with Crippen LogP contribution in [0.25, 0.3) is 0 Å². The van der Waals surface area contributed by atoms with E-state index in [1.54, 1.807) is 0 Å². The van der Waals surface area contributed by atoms with Gasteiger partial charge in [0.1, 0.15) is 0 Å². The Morgan fingerprint density at radius 3 is 2.33 bits per heavy atom. The standard InChI is InChI=1S/C5H9.Zn/c1-4-5(2)3;/h4H,2H2,1,3H3;. The second-order valence-corrected chi connectivity index (χ2v) is 2.43. The summed E-state index contributed by atoms with van der Waals surface area (Å²) < 4.78 is 0. The minimum absolute atomic E-state index is 1.32. The molecule has 0 aromatic rings. The van der Waals surface area contributed by atoms with Crippen LogP contribution in [0.1, 0.15) is 13.8 Å². The molecular formula is C5H9Zn. The molecule has 0 fully saturated rings. The molecule has 0 unspecified atom stereocenters. The summed E-state index contributed by atoms with van der Waals surface area (Å²) in [4.78, 5) is 0. The van der Waals surface area contributed by atoms with E-state index >= 15 is 0 Å². The van der Waals surface area contributed by atoms with Gasteiger partial charge in [0.05, 0.1) is 0 Å². The first-order valence-electron chi connectivity index (χ1n) is 2.22. The molecule has 0 radical (unpaired) electrons. The van der Waals surface area contributed by atoms with Crippen molar-refractivity contribution in [3.8, 4) is 0 Å². The first-order chi connectivity index (χ1) is 2.81. The van der Waals surface area contributed by atoms with E-state index in [1.807, 2.05) is 0 Å². The zero-order chi connectivity index (χ0) is 4.99. The van der Waals surface area contributed by atoms with Crippen molar-refractivity contribution in [2.45, 2.75) is 18.9 Å². The molecule has 0 nitrogen and oxygen atoms in total. The zero-order valence-corrected chi connectivity index (χ0v) is 7.46. The number of allylic oxidation sites excluding steroid dienone is 2. The van der Waals surface area contributed by atoms with Crippen molar-refractivity contribution >= 4 is 0 Å². The van der Waals surface area contributed by atoms with Crippen LogP contribution in [-0.2, 0) is 18.3 Å². The van der Waals surface area contributed by atoms with E-state index in [0.717, 1.165) is 0 Å². The van der Waals surface area contributed by atoms with E-state index in [4.69, 9.17) is 0 Å². The summed E-state index contributed by atoms with van der Waals surface area (Å²) in [5, 5.41) is 1.32. The van der Waals surface area contributed by atoms with Crippen molar-refractivity contribution in [2.75, 3.05) is 0 Å². The molecule has 0 aliphatic heterocycles. The molecule has 1 heteroatoms. The fourth-order valence-corrected chi connectivity index (χ4v) is 0.750. The van der Waals surface area contributed by atoms with Gasteiger partial charge in [0.25, 0.3) is 0 Å².